The van der Waals surface area contributed by atoms with Gasteiger partial charge in [-0.05, 0) is 12.1 Å². The predicted octanol–water partition coefficient (Wildman–Crippen LogP) is 3.10. The van der Waals surface area contributed by atoms with Crippen LogP contribution in [0, 0.1) is 0 Å². The van der Waals surface area contributed by atoms with Crippen LogP contribution in [-0.4, -0.2) is 11.1 Å². The van der Waals surface area contributed by atoms with Gasteiger partial charge in [0.1, 0.15) is 5.83 Å². The molecule has 0 aliphatic carbocycles. The molecule has 86 valence electrons. The topological polar surface area (TPSA) is 37.3 Å². The number of carboxylic acid groups (broad SMARTS) is 1. The molecular formula is C10H6F4O2. The van der Waals surface area contributed by atoms with Gasteiger partial charge in [0.2, 0.25) is 0 Å². The largest absolute Gasteiger partial charge is 0.478 e. The van der Waals surface area contributed by atoms with E-state index in [0.29, 0.717) is 6.07 Å². The Morgan fingerprint density at radius 3 is 2.44 bits per heavy atom. The zero-order valence-corrected chi connectivity index (χ0v) is 7.75. The summed E-state index contributed by atoms with van der Waals surface area (Å²) < 4.78 is 49.8. The van der Waals surface area contributed by atoms with E-state index < -0.39 is 29.1 Å². The van der Waals surface area contributed by atoms with Crippen LogP contribution in [-0.2, 0) is 11.0 Å². The molecule has 0 amide bonds. The van der Waals surface area contributed by atoms with E-state index >= 15 is 0 Å². The smallest absolute Gasteiger partial charge is 0.416 e. The molecule has 0 radical (unpaired) electrons. The standard InChI is InChI=1S/C10H6F4O2/c11-8(5-9(15)16)6-2-1-3-7(4-6)10(12,13)14/h1-5H,(H,15,16)/b8-5+. The van der Waals surface area contributed by atoms with Gasteiger partial charge in [-0.3, -0.25) is 0 Å². The minimum absolute atomic E-state index is 0.204. The number of aliphatic carboxylic acids is 1. The van der Waals surface area contributed by atoms with E-state index in [-0.39, 0.29) is 6.08 Å². The molecule has 0 unspecified atom stereocenters. The van der Waals surface area contributed by atoms with Crippen LogP contribution in [0.3, 0.4) is 0 Å². The van der Waals surface area contributed by atoms with E-state index in [9.17, 15) is 22.4 Å². The van der Waals surface area contributed by atoms with Crippen molar-refractivity contribution in [3.8, 4) is 0 Å². The molecule has 0 atom stereocenters. The van der Waals surface area contributed by atoms with Gasteiger partial charge in [0.15, 0.2) is 0 Å². The van der Waals surface area contributed by atoms with Gasteiger partial charge in [-0.15, -0.1) is 0 Å². The number of hydrogen-bond acceptors (Lipinski definition) is 1. The Morgan fingerprint density at radius 1 is 1.31 bits per heavy atom. The molecule has 0 aliphatic heterocycles. The molecule has 0 heterocycles. The van der Waals surface area contributed by atoms with E-state index in [4.69, 9.17) is 5.11 Å². The molecule has 0 spiro atoms. The zero-order valence-electron chi connectivity index (χ0n) is 7.75. The summed E-state index contributed by atoms with van der Waals surface area (Å²) in [5.74, 6) is -2.78. The van der Waals surface area contributed by atoms with Crippen molar-refractivity contribution in [3.05, 3.63) is 41.5 Å². The summed E-state index contributed by atoms with van der Waals surface area (Å²) in [4.78, 5) is 10.1. The second-order valence-electron chi connectivity index (χ2n) is 2.91. The van der Waals surface area contributed by atoms with Crippen LogP contribution in [0.5, 0.6) is 0 Å². The van der Waals surface area contributed by atoms with Gasteiger partial charge in [-0.1, -0.05) is 12.1 Å². The molecule has 1 aromatic rings. The van der Waals surface area contributed by atoms with Crippen LogP contribution < -0.4 is 0 Å². The normalized spacial score (nSPS) is 12.6. The maximum Gasteiger partial charge on any atom is 0.416 e. The van der Waals surface area contributed by atoms with Gasteiger partial charge < -0.3 is 5.11 Å². The molecule has 1 rings (SSSR count). The molecule has 16 heavy (non-hydrogen) atoms. The highest BCUT2D eigenvalue weighted by molar-refractivity contribution is 5.88. The van der Waals surface area contributed by atoms with Crippen molar-refractivity contribution in [1.82, 2.24) is 0 Å². The first kappa shape index (κ1) is 12.2. The second kappa shape index (κ2) is 4.34. The average molecular weight is 234 g/mol. The maximum atomic E-state index is 13.1. The first-order valence-electron chi connectivity index (χ1n) is 4.08. The quantitative estimate of drug-likeness (QED) is 0.630. The minimum Gasteiger partial charge on any atom is -0.478 e. The fourth-order valence-corrected chi connectivity index (χ4v) is 1.04. The Labute approximate surface area is 87.8 Å². The lowest BCUT2D eigenvalue weighted by Gasteiger charge is -2.07. The van der Waals surface area contributed by atoms with Crippen molar-refractivity contribution in [2.24, 2.45) is 0 Å². The van der Waals surface area contributed by atoms with Crippen molar-refractivity contribution < 1.29 is 27.5 Å². The first-order valence-corrected chi connectivity index (χ1v) is 4.08. The Balaban J connectivity index is 3.13. The third-order valence-corrected chi connectivity index (χ3v) is 1.72. The number of carbonyl (C=O) groups is 1. The lowest BCUT2D eigenvalue weighted by atomic mass is 10.1. The van der Waals surface area contributed by atoms with Gasteiger partial charge in [0.25, 0.3) is 0 Å². The zero-order chi connectivity index (χ0) is 12.3. The van der Waals surface area contributed by atoms with Crippen LogP contribution >= 0.6 is 0 Å². The molecule has 0 aliphatic rings. The molecule has 0 aromatic heterocycles. The van der Waals surface area contributed by atoms with Crippen LogP contribution in [0.4, 0.5) is 17.6 Å². The van der Waals surface area contributed by atoms with Crippen molar-refractivity contribution in [2.45, 2.75) is 6.18 Å². The first-order chi connectivity index (χ1) is 7.30. The highest BCUT2D eigenvalue weighted by Crippen LogP contribution is 2.31. The van der Waals surface area contributed by atoms with E-state index in [1.165, 1.54) is 0 Å². The lowest BCUT2D eigenvalue weighted by Crippen LogP contribution is -2.04. The Hall–Kier alpha value is -1.85. The number of carboxylic acids is 1. The molecule has 6 heteroatoms. The molecule has 2 nitrogen and oxygen atoms in total. The summed E-state index contributed by atoms with van der Waals surface area (Å²) in [5.41, 5.74) is -1.45. The molecule has 1 aromatic carbocycles. The molecule has 0 fully saturated rings. The second-order valence-corrected chi connectivity index (χ2v) is 2.91. The summed E-state index contributed by atoms with van der Waals surface area (Å²) in [5, 5.41) is 8.24. The average Bonchev–Trinajstić information content (AvgIpc) is 2.15. The molecular weight excluding hydrogens is 228 g/mol. The number of halogens is 4. The summed E-state index contributed by atoms with van der Waals surface area (Å²) in [6.07, 6.45) is -4.38. The van der Waals surface area contributed by atoms with Gasteiger partial charge in [-0.2, -0.15) is 13.2 Å². The Bertz CT molecular complexity index is 435. The molecule has 0 bridgehead atoms. The number of alkyl halides is 3. The van der Waals surface area contributed by atoms with Gasteiger partial charge in [0.05, 0.1) is 11.6 Å². The molecule has 0 saturated carbocycles. The number of hydrogen-bond donors (Lipinski definition) is 1. The molecule has 1 N–H and O–H groups in total. The third kappa shape index (κ3) is 3.08. The monoisotopic (exact) mass is 234 g/mol. The van der Waals surface area contributed by atoms with Crippen LogP contribution in [0.15, 0.2) is 30.3 Å². The van der Waals surface area contributed by atoms with Gasteiger partial charge >= 0.3 is 12.1 Å². The van der Waals surface area contributed by atoms with Crippen LogP contribution in [0.25, 0.3) is 5.83 Å². The molecule has 0 saturated heterocycles. The van der Waals surface area contributed by atoms with E-state index in [1.807, 2.05) is 0 Å². The van der Waals surface area contributed by atoms with Crippen molar-refractivity contribution in [1.29, 1.82) is 0 Å². The number of benzene rings is 1. The van der Waals surface area contributed by atoms with Gasteiger partial charge in [0, 0.05) is 5.56 Å². The highest BCUT2D eigenvalue weighted by Gasteiger charge is 2.30. The number of rotatable bonds is 2. The van der Waals surface area contributed by atoms with E-state index in [0.717, 1.165) is 18.2 Å². The third-order valence-electron chi connectivity index (χ3n) is 1.72. The van der Waals surface area contributed by atoms with Crippen molar-refractivity contribution in [3.63, 3.8) is 0 Å². The highest BCUT2D eigenvalue weighted by atomic mass is 19.4. The summed E-state index contributed by atoms with van der Waals surface area (Å²) in [6.45, 7) is 0. The Kier molecular flexibility index (Phi) is 3.31. The van der Waals surface area contributed by atoms with Crippen LogP contribution in [0.1, 0.15) is 11.1 Å². The van der Waals surface area contributed by atoms with Gasteiger partial charge in [-0.25, -0.2) is 9.18 Å². The predicted molar refractivity (Wildman–Crippen MR) is 48.2 cm³/mol. The fourth-order valence-electron chi connectivity index (χ4n) is 1.04. The fraction of sp³-hybridized carbons (Fsp3) is 0.100. The summed E-state index contributed by atoms with van der Waals surface area (Å²) >= 11 is 0. The van der Waals surface area contributed by atoms with Crippen LogP contribution in [0.2, 0.25) is 0 Å². The van der Waals surface area contributed by atoms with Crippen molar-refractivity contribution >= 4 is 11.8 Å². The maximum absolute atomic E-state index is 13.1. The lowest BCUT2D eigenvalue weighted by molar-refractivity contribution is -0.137. The SMILES string of the molecule is O=C(O)/C=C(/F)c1cccc(C(F)(F)F)c1. The minimum atomic E-state index is -4.58. The van der Waals surface area contributed by atoms with E-state index in [2.05, 4.69) is 0 Å². The van der Waals surface area contributed by atoms with Crippen molar-refractivity contribution in [2.75, 3.05) is 0 Å². The Morgan fingerprint density at radius 2 is 1.94 bits per heavy atom. The summed E-state index contributed by atoms with van der Waals surface area (Å²) in [7, 11) is 0. The van der Waals surface area contributed by atoms with E-state index in [1.54, 1.807) is 0 Å². The summed E-state index contributed by atoms with van der Waals surface area (Å²) in [6, 6.07) is 3.39.